The van der Waals surface area contributed by atoms with E-state index in [0.717, 1.165) is 46.3 Å². The second kappa shape index (κ2) is 8.33. The van der Waals surface area contributed by atoms with Gasteiger partial charge >= 0.3 is 0 Å². The first kappa shape index (κ1) is 18.4. The summed E-state index contributed by atoms with van der Waals surface area (Å²) in [6.07, 6.45) is 3.08. The van der Waals surface area contributed by atoms with Crippen molar-refractivity contribution in [3.8, 4) is 10.6 Å². The van der Waals surface area contributed by atoms with E-state index in [0.29, 0.717) is 11.5 Å². The Balaban J connectivity index is 1.72. The van der Waals surface area contributed by atoms with Crippen molar-refractivity contribution in [1.82, 2.24) is 25.1 Å². The predicted octanol–water partition coefficient (Wildman–Crippen LogP) is 3.42. The van der Waals surface area contributed by atoms with Crippen LogP contribution in [0, 0.1) is 0 Å². The topological polar surface area (TPSA) is 84.2 Å². The van der Waals surface area contributed by atoms with Crippen LogP contribution in [0.5, 0.6) is 0 Å². The molecule has 0 unspecified atom stereocenters. The van der Waals surface area contributed by atoms with Gasteiger partial charge in [0, 0.05) is 24.1 Å². The first-order chi connectivity index (χ1) is 12.6. The van der Waals surface area contributed by atoms with Crippen LogP contribution in [0.1, 0.15) is 38.9 Å². The van der Waals surface area contributed by atoms with Crippen molar-refractivity contribution in [3.63, 3.8) is 0 Å². The molecule has 1 aromatic carbocycles. The number of rotatable bonds is 6. The summed E-state index contributed by atoms with van der Waals surface area (Å²) in [7, 11) is 0. The number of thiocarbonyl (C=S) groups is 1. The van der Waals surface area contributed by atoms with E-state index in [1.54, 1.807) is 4.52 Å². The van der Waals surface area contributed by atoms with Gasteiger partial charge in [-0.25, -0.2) is 0 Å². The number of nitrogens with zero attached hydrogens (tertiary/aromatic N) is 4. The van der Waals surface area contributed by atoms with Crippen molar-refractivity contribution in [1.29, 1.82) is 0 Å². The molecule has 7 nitrogen and oxygen atoms in total. The average molecular weight is 389 g/mol. The van der Waals surface area contributed by atoms with Crippen LogP contribution < -0.4 is 10.6 Å². The molecule has 3 aromatic rings. The van der Waals surface area contributed by atoms with Crippen molar-refractivity contribution in [3.05, 3.63) is 30.1 Å². The zero-order chi connectivity index (χ0) is 18.5. The molecular formula is C17H20N6OS2. The molecule has 0 aliphatic heterocycles. The van der Waals surface area contributed by atoms with E-state index in [2.05, 4.69) is 25.9 Å². The van der Waals surface area contributed by atoms with E-state index >= 15 is 0 Å². The zero-order valence-electron chi connectivity index (χ0n) is 14.7. The Labute approximate surface area is 160 Å². The number of amides is 1. The minimum absolute atomic E-state index is 0.0683. The van der Waals surface area contributed by atoms with Crippen molar-refractivity contribution < 1.29 is 4.79 Å². The van der Waals surface area contributed by atoms with Crippen molar-refractivity contribution in [2.75, 3.05) is 5.32 Å². The lowest BCUT2D eigenvalue weighted by Crippen LogP contribution is -2.33. The smallest absolute Gasteiger partial charge is 0.234 e. The quantitative estimate of drug-likeness (QED) is 0.630. The van der Waals surface area contributed by atoms with Gasteiger partial charge in [0.05, 0.1) is 0 Å². The average Bonchev–Trinajstić information content (AvgIpc) is 3.20. The molecule has 1 amide bonds. The molecule has 0 spiro atoms. The Kier molecular flexibility index (Phi) is 5.89. The van der Waals surface area contributed by atoms with Crippen molar-refractivity contribution >= 4 is 45.2 Å². The molecule has 136 valence electrons. The second-order valence-electron chi connectivity index (χ2n) is 5.76. The highest BCUT2D eigenvalue weighted by Crippen LogP contribution is 2.27. The number of nitrogens with one attached hydrogen (secondary N) is 2. The molecule has 2 N–H and O–H groups in total. The summed E-state index contributed by atoms with van der Waals surface area (Å²) in [5.74, 6) is 0.772. The first-order valence-electron chi connectivity index (χ1n) is 8.53. The molecule has 0 radical (unpaired) electrons. The second-order valence-corrected chi connectivity index (χ2v) is 7.12. The Morgan fingerprint density at radius 1 is 1.31 bits per heavy atom. The molecular weight excluding hydrogens is 368 g/mol. The van der Waals surface area contributed by atoms with E-state index in [4.69, 9.17) is 12.2 Å². The minimum Gasteiger partial charge on any atom is -0.332 e. The summed E-state index contributed by atoms with van der Waals surface area (Å²) in [6, 6.07) is 7.74. The minimum atomic E-state index is -0.0683. The van der Waals surface area contributed by atoms with Gasteiger partial charge < -0.3 is 10.6 Å². The molecule has 0 bridgehead atoms. The van der Waals surface area contributed by atoms with Crippen LogP contribution in [0.15, 0.2) is 24.3 Å². The van der Waals surface area contributed by atoms with Gasteiger partial charge in [0.2, 0.25) is 10.9 Å². The van der Waals surface area contributed by atoms with Crippen LogP contribution in [0.3, 0.4) is 0 Å². The Bertz CT molecular complexity index is 932. The molecule has 2 aromatic heterocycles. The number of hydrogen-bond donors (Lipinski definition) is 2. The Morgan fingerprint density at radius 2 is 2.15 bits per heavy atom. The van der Waals surface area contributed by atoms with Gasteiger partial charge in [-0.05, 0) is 30.8 Å². The highest BCUT2D eigenvalue weighted by Gasteiger charge is 2.12. The molecule has 26 heavy (non-hydrogen) atoms. The van der Waals surface area contributed by atoms with Gasteiger partial charge in [-0.15, -0.1) is 10.2 Å². The SMILES string of the molecule is CCCCC(=O)NC(=S)Nc1cccc(-c2nn3c(CC)nnc3s2)c1. The van der Waals surface area contributed by atoms with Crippen molar-refractivity contribution in [2.45, 2.75) is 39.5 Å². The number of anilines is 1. The summed E-state index contributed by atoms with van der Waals surface area (Å²) >= 11 is 6.70. The predicted molar refractivity (Wildman–Crippen MR) is 107 cm³/mol. The molecule has 2 heterocycles. The fourth-order valence-electron chi connectivity index (χ4n) is 2.41. The lowest BCUT2D eigenvalue weighted by Gasteiger charge is -2.10. The number of benzene rings is 1. The number of carbonyl (C=O) groups excluding carboxylic acids is 1. The largest absolute Gasteiger partial charge is 0.332 e. The summed E-state index contributed by atoms with van der Waals surface area (Å²) in [5.41, 5.74) is 1.75. The van der Waals surface area contributed by atoms with Crippen LogP contribution in [0.2, 0.25) is 0 Å². The monoisotopic (exact) mass is 388 g/mol. The van der Waals surface area contributed by atoms with E-state index in [1.165, 1.54) is 11.3 Å². The summed E-state index contributed by atoms with van der Waals surface area (Å²) < 4.78 is 1.78. The third-order valence-electron chi connectivity index (χ3n) is 3.75. The number of aryl methyl sites for hydroxylation is 1. The summed E-state index contributed by atoms with van der Waals surface area (Å²) in [4.78, 5) is 12.5. The van der Waals surface area contributed by atoms with E-state index < -0.39 is 0 Å². The van der Waals surface area contributed by atoms with Gasteiger partial charge in [0.25, 0.3) is 0 Å². The van der Waals surface area contributed by atoms with Gasteiger partial charge in [-0.3, -0.25) is 4.79 Å². The lowest BCUT2D eigenvalue weighted by atomic mass is 10.2. The number of hydrogen-bond acceptors (Lipinski definition) is 6. The molecule has 9 heteroatoms. The third kappa shape index (κ3) is 4.23. The summed E-state index contributed by atoms with van der Waals surface area (Å²) in [5, 5.41) is 19.8. The van der Waals surface area contributed by atoms with E-state index in [1.807, 2.05) is 38.1 Å². The normalized spacial score (nSPS) is 10.8. The Morgan fingerprint density at radius 3 is 2.92 bits per heavy atom. The van der Waals surface area contributed by atoms with E-state index in [-0.39, 0.29) is 5.91 Å². The maximum Gasteiger partial charge on any atom is 0.234 e. The van der Waals surface area contributed by atoms with Gasteiger partial charge in [-0.1, -0.05) is 43.7 Å². The fourth-order valence-corrected chi connectivity index (χ4v) is 3.50. The van der Waals surface area contributed by atoms with Gasteiger partial charge in [0.15, 0.2) is 10.9 Å². The van der Waals surface area contributed by atoms with Crippen molar-refractivity contribution in [2.24, 2.45) is 0 Å². The van der Waals surface area contributed by atoms with Crippen LogP contribution in [-0.4, -0.2) is 30.8 Å². The Hall–Kier alpha value is -2.39. The standard InChI is InChI=1S/C17H20N6OS2/c1-3-5-9-14(24)19-16(25)18-12-8-6-7-11(10-12)15-22-23-13(4-2)20-21-17(23)26-15/h6-8,10H,3-5,9H2,1-2H3,(H2,18,19,24,25). The fraction of sp³-hybridized carbons (Fsp3) is 0.353. The highest BCUT2D eigenvalue weighted by atomic mass is 32.1. The number of fused-ring (bicyclic) bond motifs is 1. The van der Waals surface area contributed by atoms with Crippen LogP contribution in [-0.2, 0) is 11.2 Å². The molecule has 0 aliphatic rings. The third-order valence-corrected chi connectivity index (χ3v) is 4.90. The zero-order valence-corrected chi connectivity index (χ0v) is 16.3. The lowest BCUT2D eigenvalue weighted by molar-refractivity contribution is -0.119. The maximum absolute atomic E-state index is 11.8. The molecule has 0 fully saturated rings. The maximum atomic E-state index is 11.8. The van der Waals surface area contributed by atoms with E-state index in [9.17, 15) is 4.79 Å². The number of aromatic nitrogens is 4. The van der Waals surface area contributed by atoms with Crippen LogP contribution >= 0.6 is 23.6 Å². The van der Waals surface area contributed by atoms with Crippen LogP contribution in [0.25, 0.3) is 15.5 Å². The number of unbranched alkanes of at least 4 members (excludes halogenated alkanes) is 1. The van der Waals surface area contributed by atoms with Gasteiger partial charge in [0.1, 0.15) is 5.01 Å². The molecule has 0 saturated heterocycles. The van der Waals surface area contributed by atoms with Gasteiger partial charge in [-0.2, -0.15) is 9.61 Å². The highest BCUT2D eigenvalue weighted by molar-refractivity contribution is 7.80. The van der Waals surface area contributed by atoms with Crippen LogP contribution in [0.4, 0.5) is 5.69 Å². The molecule has 3 rings (SSSR count). The first-order valence-corrected chi connectivity index (χ1v) is 9.75. The molecule has 0 saturated carbocycles. The molecule has 0 atom stereocenters. The molecule has 0 aliphatic carbocycles. The summed E-state index contributed by atoms with van der Waals surface area (Å²) in [6.45, 7) is 4.07. The number of carbonyl (C=O) groups is 1.